The molecule has 0 saturated heterocycles. The molecule has 2 rings (SSSR count). The number of carbonyl (C=O) groups excluding carboxylic acids is 1. The molecule has 0 fully saturated rings. The Morgan fingerprint density at radius 3 is 2.94 bits per heavy atom. The molecule has 7 nitrogen and oxygen atoms in total. The molecule has 0 aromatic carbocycles. The minimum atomic E-state index is -0.360. The fourth-order valence-corrected chi connectivity index (χ4v) is 1.16. The lowest BCUT2D eigenvalue weighted by atomic mass is 10.2. The second-order valence-electron chi connectivity index (χ2n) is 3.66. The molecule has 0 bridgehead atoms. The van der Waals surface area contributed by atoms with Crippen molar-refractivity contribution in [3.63, 3.8) is 0 Å². The van der Waals surface area contributed by atoms with E-state index in [0.29, 0.717) is 5.52 Å². The third-order valence-corrected chi connectivity index (χ3v) is 2.06. The Morgan fingerprint density at radius 1 is 1.50 bits per heavy atom. The van der Waals surface area contributed by atoms with Crippen LogP contribution in [-0.4, -0.2) is 25.8 Å². The van der Waals surface area contributed by atoms with Crippen LogP contribution in [0.15, 0.2) is 11.1 Å². The maximum absolute atomic E-state index is 11.5. The zero-order chi connectivity index (χ0) is 11.7. The van der Waals surface area contributed by atoms with Gasteiger partial charge in [0.2, 0.25) is 11.9 Å². The van der Waals surface area contributed by atoms with Crippen LogP contribution >= 0.6 is 0 Å². The number of imidazole rings is 1. The number of nitrogens with one attached hydrogen (secondary N) is 3. The smallest absolute Gasteiger partial charge is 0.278 e. The van der Waals surface area contributed by atoms with Gasteiger partial charge < -0.3 is 4.98 Å². The number of fused-ring (bicyclic) bond motifs is 1. The van der Waals surface area contributed by atoms with Crippen LogP contribution in [0.2, 0.25) is 0 Å². The van der Waals surface area contributed by atoms with Crippen LogP contribution in [0, 0.1) is 5.92 Å². The number of amides is 1. The van der Waals surface area contributed by atoms with Gasteiger partial charge in [-0.25, -0.2) is 4.98 Å². The van der Waals surface area contributed by atoms with Gasteiger partial charge in [-0.1, -0.05) is 13.8 Å². The largest absolute Gasteiger partial charge is 0.339 e. The molecule has 3 N–H and O–H groups in total. The summed E-state index contributed by atoms with van der Waals surface area (Å²) in [7, 11) is 0. The van der Waals surface area contributed by atoms with Gasteiger partial charge in [0.1, 0.15) is 0 Å². The van der Waals surface area contributed by atoms with E-state index in [0.717, 1.165) is 0 Å². The van der Waals surface area contributed by atoms with E-state index in [1.807, 2.05) is 0 Å². The Morgan fingerprint density at radius 2 is 2.25 bits per heavy atom. The number of carbonyl (C=O) groups is 1. The van der Waals surface area contributed by atoms with E-state index in [-0.39, 0.29) is 29.0 Å². The highest BCUT2D eigenvalue weighted by Gasteiger charge is 2.10. The van der Waals surface area contributed by atoms with Crippen molar-refractivity contribution < 1.29 is 4.79 Å². The van der Waals surface area contributed by atoms with Crippen molar-refractivity contribution in [2.24, 2.45) is 5.92 Å². The number of hydrogen-bond donors (Lipinski definition) is 3. The molecule has 0 radical (unpaired) electrons. The second-order valence-corrected chi connectivity index (χ2v) is 3.66. The van der Waals surface area contributed by atoms with Crippen molar-refractivity contribution in [1.82, 2.24) is 19.9 Å². The first kappa shape index (κ1) is 10.3. The van der Waals surface area contributed by atoms with Crippen LogP contribution in [0.4, 0.5) is 5.95 Å². The van der Waals surface area contributed by atoms with E-state index in [1.165, 1.54) is 6.33 Å². The molecular weight excluding hydrogens is 211 g/mol. The molecule has 16 heavy (non-hydrogen) atoms. The Kier molecular flexibility index (Phi) is 2.43. The number of nitrogens with zero attached hydrogens (tertiary/aromatic N) is 2. The number of rotatable bonds is 2. The van der Waals surface area contributed by atoms with Gasteiger partial charge in [0.05, 0.1) is 6.33 Å². The lowest BCUT2D eigenvalue weighted by Gasteiger charge is -2.05. The first-order valence-electron chi connectivity index (χ1n) is 4.82. The lowest BCUT2D eigenvalue weighted by Crippen LogP contribution is -2.22. The molecule has 2 aromatic heterocycles. The quantitative estimate of drug-likeness (QED) is 0.633. The highest BCUT2D eigenvalue weighted by Crippen LogP contribution is 2.04. The predicted molar refractivity (Wildman–Crippen MR) is 58.0 cm³/mol. The third kappa shape index (κ3) is 1.79. The van der Waals surface area contributed by atoms with Gasteiger partial charge in [-0.05, 0) is 0 Å². The highest BCUT2D eigenvalue weighted by molar-refractivity contribution is 5.90. The predicted octanol–water partition coefficient (Wildman–Crippen LogP) is 0.241. The molecule has 0 unspecified atom stereocenters. The van der Waals surface area contributed by atoms with E-state index in [9.17, 15) is 9.59 Å². The summed E-state index contributed by atoms with van der Waals surface area (Å²) in [5, 5.41) is 2.50. The van der Waals surface area contributed by atoms with Gasteiger partial charge in [-0.2, -0.15) is 4.98 Å². The lowest BCUT2D eigenvalue weighted by molar-refractivity contribution is -0.118. The maximum atomic E-state index is 11.5. The number of anilines is 1. The average molecular weight is 222 g/mol. The van der Waals surface area contributed by atoms with Crippen LogP contribution in [0.25, 0.3) is 11.2 Å². The van der Waals surface area contributed by atoms with Crippen LogP contribution in [0.1, 0.15) is 13.8 Å². The van der Waals surface area contributed by atoms with E-state index in [4.69, 9.17) is 0 Å². The summed E-state index contributed by atoms with van der Waals surface area (Å²) in [5.41, 5.74) is 0.215. The van der Waals surface area contributed by atoms with E-state index in [1.54, 1.807) is 13.8 Å². The molecule has 7 heteroatoms. The zero-order valence-corrected chi connectivity index (χ0v) is 8.87. The van der Waals surface area contributed by atoms with Crippen molar-refractivity contribution in [2.45, 2.75) is 13.8 Å². The fraction of sp³-hybridized carbons (Fsp3) is 0.333. The van der Waals surface area contributed by atoms with Gasteiger partial charge in [0, 0.05) is 5.92 Å². The Balaban J connectivity index is 2.39. The molecule has 84 valence electrons. The Labute approximate surface area is 90.3 Å². The van der Waals surface area contributed by atoms with Gasteiger partial charge in [-0.3, -0.25) is 19.9 Å². The topological polar surface area (TPSA) is 104 Å². The number of aromatic amines is 2. The zero-order valence-electron chi connectivity index (χ0n) is 8.87. The summed E-state index contributed by atoms with van der Waals surface area (Å²) in [6.45, 7) is 3.50. The van der Waals surface area contributed by atoms with Crippen LogP contribution in [0.3, 0.4) is 0 Å². The summed E-state index contributed by atoms with van der Waals surface area (Å²) >= 11 is 0. The SMILES string of the molecule is CC(C)C(=O)[15NH]c1nc2nc[nH]c2c(=O)[nH]1. The number of H-pyrrole nitrogens is 2. The van der Waals surface area contributed by atoms with Crippen molar-refractivity contribution in [1.29, 1.82) is 0 Å². The summed E-state index contributed by atoms with van der Waals surface area (Å²) in [6, 6.07) is 0. The summed E-state index contributed by atoms with van der Waals surface area (Å²) in [4.78, 5) is 35.8. The monoisotopic (exact) mass is 222 g/mol. The van der Waals surface area contributed by atoms with Gasteiger partial charge in [-0.15, -0.1) is 0 Å². The van der Waals surface area contributed by atoms with E-state index < -0.39 is 0 Å². The van der Waals surface area contributed by atoms with Crippen molar-refractivity contribution in [3.8, 4) is 0 Å². The molecule has 0 aliphatic carbocycles. The molecular formula is C9H11N5O2. The molecule has 2 heterocycles. The minimum absolute atomic E-state index is 0.114. The third-order valence-electron chi connectivity index (χ3n) is 2.06. The number of aromatic nitrogens is 4. The summed E-state index contributed by atoms with van der Waals surface area (Å²) in [5.74, 6) is -0.276. The average Bonchev–Trinajstić information content (AvgIpc) is 2.65. The van der Waals surface area contributed by atoms with Crippen LogP contribution in [-0.2, 0) is 4.79 Å². The van der Waals surface area contributed by atoms with E-state index >= 15 is 0 Å². The normalized spacial score (nSPS) is 10.9. The molecule has 0 saturated carbocycles. The molecule has 0 spiro atoms. The van der Waals surface area contributed by atoms with Crippen LogP contribution in [0.5, 0.6) is 0 Å². The molecule has 2 aromatic rings. The van der Waals surface area contributed by atoms with E-state index in [2.05, 4.69) is 25.3 Å². The second kappa shape index (κ2) is 3.76. The van der Waals surface area contributed by atoms with Crippen LogP contribution < -0.4 is 10.9 Å². The van der Waals surface area contributed by atoms with Crippen molar-refractivity contribution in [2.75, 3.05) is 5.32 Å². The molecule has 0 atom stereocenters. The fourth-order valence-electron chi connectivity index (χ4n) is 1.16. The molecule has 1 amide bonds. The first-order chi connectivity index (χ1) is 7.58. The Hall–Kier alpha value is -2.18. The molecule has 0 aliphatic heterocycles. The van der Waals surface area contributed by atoms with Crippen molar-refractivity contribution >= 4 is 23.0 Å². The summed E-state index contributed by atoms with van der Waals surface area (Å²) < 4.78 is 0. The van der Waals surface area contributed by atoms with Gasteiger partial charge in [0.25, 0.3) is 5.56 Å². The standard InChI is InChI=1S/C9H11N5O2/c1-4(2)7(15)13-9-12-6-5(8(16)14-9)10-3-11-6/h3-4H,1-2H3,(H3,10,11,12,13,14,15,16)/i13+1. The highest BCUT2D eigenvalue weighted by atomic mass is 16.2. The molecule has 0 aliphatic rings. The summed E-state index contributed by atoms with van der Waals surface area (Å²) in [6.07, 6.45) is 1.38. The van der Waals surface area contributed by atoms with Gasteiger partial charge in [0.15, 0.2) is 11.2 Å². The Bertz CT molecular complexity index is 583. The maximum Gasteiger partial charge on any atom is 0.278 e. The van der Waals surface area contributed by atoms with Crippen molar-refractivity contribution in [3.05, 3.63) is 16.7 Å². The minimum Gasteiger partial charge on any atom is -0.339 e. The number of hydrogen-bond acceptors (Lipinski definition) is 4. The van der Waals surface area contributed by atoms with Gasteiger partial charge >= 0.3 is 0 Å². The first-order valence-corrected chi connectivity index (χ1v) is 4.82.